The van der Waals surface area contributed by atoms with Crippen molar-refractivity contribution in [1.82, 2.24) is 20.9 Å². The maximum Gasteiger partial charge on any atom is 0.326 e. The van der Waals surface area contributed by atoms with Gasteiger partial charge >= 0.3 is 18.0 Å². The van der Waals surface area contributed by atoms with Gasteiger partial charge in [0, 0.05) is 0 Å². The maximum absolute atomic E-state index is 11.7. The molecule has 0 aromatic carbocycles. The van der Waals surface area contributed by atoms with Gasteiger partial charge in [0.15, 0.2) is 0 Å². The summed E-state index contributed by atoms with van der Waals surface area (Å²) in [6.45, 7) is 1.84. The number of urea groups is 2. The van der Waals surface area contributed by atoms with Crippen LogP contribution < -0.4 is 16.0 Å². The predicted molar refractivity (Wildman–Crippen MR) is 55.9 cm³/mol. The van der Waals surface area contributed by atoms with Crippen molar-refractivity contribution in [2.75, 3.05) is 0 Å². The molecule has 4 N–H and O–H groups in total. The summed E-state index contributed by atoms with van der Waals surface area (Å²) >= 11 is 0. The van der Waals surface area contributed by atoms with Gasteiger partial charge in [0.1, 0.15) is 18.4 Å². The van der Waals surface area contributed by atoms with Gasteiger partial charge in [-0.3, -0.25) is 4.90 Å². The molecule has 8 nitrogen and oxygen atoms in total. The third-order valence-corrected chi connectivity index (χ3v) is 2.88. The van der Waals surface area contributed by atoms with Crippen LogP contribution in [0.1, 0.15) is 19.8 Å². The van der Waals surface area contributed by atoms with E-state index < -0.39 is 36.4 Å². The molecular weight excluding hydrogens is 228 g/mol. The number of carboxylic acids is 1. The number of aliphatic carboxylic acids is 1. The number of nitrogens with zero attached hydrogens (tertiary/aromatic N) is 1. The molecular formula is C9H14N4O4. The minimum Gasteiger partial charge on any atom is -0.480 e. The molecule has 2 fully saturated rings. The SMILES string of the molecule is CCC[C@H](C(=O)O)N1C(=O)N[C@H]2NC(=O)N[C@H]21. The molecule has 2 aliphatic rings. The second-order valence-electron chi connectivity index (χ2n) is 4.04. The van der Waals surface area contributed by atoms with Crippen LogP contribution >= 0.6 is 0 Å². The molecule has 2 saturated heterocycles. The van der Waals surface area contributed by atoms with Gasteiger partial charge in [-0.05, 0) is 6.42 Å². The van der Waals surface area contributed by atoms with Crippen LogP contribution in [0.15, 0.2) is 0 Å². The summed E-state index contributed by atoms with van der Waals surface area (Å²) in [5, 5.41) is 16.6. The van der Waals surface area contributed by atoms with E-state index in [1.807, 2.05) is 6.92 Å². The molecule has 2 rings (SSSR count). The average molecular weight is 242 g/mol. The number of nitrogens with one attached hydrogen (secondary N) is 3. The number of amides is 4. The summed E-state index contributed by atoms with van der Waals surface area (Å²) in [6.07, 6.45) is -0.210. The highest BCUT2D eigenvalue weighted by molar-refractivity contribution is 5.88. The monoisotopic (exact) mass is 242 g/mol. The van der Waals surface area contributed by atoms with Gasteiger partial charge in [0.2, 0.25) is 0 Å². The van der Waals surface area contributed by atoms with Crippen LogP contribution in [0.5, 0.6) is 0 Å². The highest BCUT2D eigenvalue weighted by atomic mass is 16.4. The van der Waals surface area contributed by atoms with Gasteiger partial charge in [-0.1, -0.05) is 13.3 Å². The zero-order valence-electron chi connectivity index (χ0n) is 9.27. The van der Waals surface area contributed by atoms with Crippen molar-refractivity contribution < 1.29 is 19.5 Å². The van der Waals surface area contributed by atoms with Crippen molar-refractivity contribution in [2.45, 2.75) is 38.1 Å². The fourth-order valence-electron chi connectivity index (χ4n) is 2.15. The Hall–Kier alpha value is -1.99. The van der Waals surface area contributed by atoms with E-state index in [1.54, 1.807) is 0 Å². The number of hydrogen-bond acceptors (Lipinski definition) is 3. The molecule has 0 saturated carbocycles. The van der Waals surface area contributed by atoms with Crippen molar-refractivity contribution >= 4 is 18.0 Å². The molecule has 3 atom stereocenters. The summed E-state index contributed by atoms with van der Waals surface area (Å²) in [7, 11) is 0. The van der Waals surface area contributed by atoms with Crippen LogP contribution in [-0.4, -0.2) is 46.4 Å². The molecule has 2 heterocycles. The van der Waals surface area contributed by atoms with Crippen molar-refractivity contribution in [2.24, 2.45) is 0 Å². The van der Waals surface area contributed by atoms with E-state index in [0.29, 0.717) is 12.8 Å². The first-order chi connectivity index (χ1) is 8.04. The van der Waals surface area contributed by atoms with Gasteiger partial charge in [0.25, 0.3) is 0 Å². The molecule has 0 radical (unpaired) electrons. The lowest BCUT2D eigenvalue weighted by molar-refractivity contribution is -0.143. The Kier molecular flexibility index (Phi) is 2.78. The van der Waals surface area contributed by atoms with Crippen LogP contribution in [0.4, 0.5) is 9.59 Å². The summed E-state index contributed by atoms with van der Waals surface area (Å²) in [4.78, 5) is 35.1. The Morgan fingerprint density at radius 1 is 1.41 bits per heavy atom. The molecule has 4 amide bonds. The van der Waals surface area contributed by atoms with Gasteiger partial charge in [-0.2, -0.15) is 0 Å². The Balaban J connectivity index is 2.20. The van der Waals surface area contributed by atoms with Crippen molar-refractivity contribution in [3.63, 3.8) is 0 Å². The normalized spacial score (nSPS) is 28.2. The average Bonchev–Trinajstić information content (AvgIpc) is 2.70. The van der Waals surface area contributed by atoms with E-state index in [2.05, 4.69) is 16.0 Å². The topological polar surface area (TPSA) is 111 Å². The third kappa shape index (κ3) is 1.85. The van der Waals surface area contributed by atoms with E-state index in [1.165, 1.54) is 4.90 Å². The van der Waals surface area contributed by atoms with Gasteiger partial charge in [-0.25, -0.2) is 14.4 Å². The molecule has 94 valence electrons. The van der Waals surface area contributed by atoms with E-state index in [4.69, 9.17) is 5.11 Å². The summed E-state index contributed by atoms with van der Waals surface area (Å²) in [5.41, 5.74) is 0. The first kappa shape index (κ1) is 11.5. The van der Waals surface area contributed by atoms with Crippen molar-refractivity contribution in [3.05, 3.63) is 0 Å². The standard InChI is InChI=1S/C9H14N4O4/c1-2-3-4(7(14)15)13-6-5(11-9(13)17)10-8(16)12-6/h4-6H,2-3H2,1H3,(H,11,17)(H,14,15)(H2,10,12,16)/t4-,5-,6+/m1/s1. The predicted octanol–water partition coefficient (Wildman–Crippen LogP) is -0.770. The lowest BCUT2D eigenvalue weighted by Gasteiger charge is -2.27. The zero-order chi connectivity index (χ0) is 12.6. The minimum absolute atomic E-state index is 0.349. The summed E-state index contributed by atoms with van der Waals surface area (Å²) < 4.78 is 0. The maximum atomic E-state index is 11.7. The molecule has 0 bridgehead atoms. The number of fused-ring (bicyclic) bond motifs is 1. The Labute approximate surface area is 97.3 Å². The van der Waals surface area contributed by atoms with Gasteiger partial charge in [-0.15, -0.1) is 0 Å². The van der Waals surface area contributed by atoms with Gasteiger partial charge < -0.3 is 21.1 Å². The molecule has 17 heavy (non-hydrogen) atoms. The highest BCUT2D eigenvalue weighted by Gasteiger charge is 2.49. The molecule has 0 unspecified atom stereocenters. The molecule has 0 aliphatic carbocycles. The largest absolute Gasteiger partial charge is 0.480 e. The van der Waals surface area contributed by atoms with Gasteiger partial charge in [0.05, 0.1) is 0 Å². The van der Waals surface area contributed by atoms with E-state index in [0.717, 1.165) is 0 Å². The first-order valence-corrected chi connectivity index (χ1v) is 5.43. The van der Waals surface area contributed by atoms with E-state index >= 15 is 0 Å². The summed E-state index contributed by atoms with van der Waals surface area (Å²) in [6, 6.07) is -1.81. The number of carboxylic acid groups (broad SMARTS) is 1. The number of carbonyl (C=O) groups excluding carboxylic acids is 2. The summed E-state index contributed by atoms with van der Waals surface area (Å²) in [5.74, 6) is -1.07. The molecule has 0 spiro atoms. The van der Waals surface area contributed by atoms with Crippen LogP contribution in [0, 0.1) is 0 Å². The molecule has 0 aromatic heterocycles. The Morgan fingerprint density at radius 3 is 2.71 bits per heavy atom. The minimum atomic E-state index is -1.07. The Morgan fingerprint density at radius 2 is 2.12 bits per heavy atom. The molecule has 0 aromatic rings. The molecule has 8 heteroatoms. The van der Waals surface area contributed by atoms with Crippen LogP contribution in [0.25, 0.3) is 0 Å². The third-order valence-electron chi connectivity index (χ3n) is 2.88. The number of carbonyl (C=O) groups is 3. The fraction of sp³-hybridized carbons (Fsp3) is 0.667. The van der Waals surface area contributed by atoms with Crippen LogP contribution in [-0.2, 0) is 4.79 Å². The van der Waals surface area contributed by atoms with Crippen LogP contribution in [0.3, 0.4) is 0 Å². The first-order valence-electron chi connectivity index (χ1n) is 5.43. The molecule has 2 aliphatic heterocycles. The lowest BCUT2D eigenvalue weighted by Crippen LogP contribution is -2.52. The lowest BCUT2D eigenvalue weighted by atomic mass is 10.1. The Bertz CT molecular complexity index is 372. The van der Waals surface area contributed by atoms with E-state index in [-0.39, 0.29) is 0 Å². The quantitative estimate of drug-likeness (QED) is 0.518. The van der Waals surface area contributed by atoms with Crippen LogP contribution in [0.2, 0.25) is 0 Å². The second kappa shape index (κ2) is 4.11. The number of hydrogen-bond donors (Lipinski definition) is 4. The van der Waals surface area contributed by atoms with E-state index in [9.17, 15) is 14.4 Å². The van der Waals surface area contributed by atoms with Crippen molar-refractivity contribution in [1.29, 1.82) is 0 Å². The second-order valence-corrected chi connectivity index (χ2v) is 4.04. The zero-order valence-corrected chi connectivity index (χ0v) is 9.27. The highest BCUT2D eigenvalue weighted by Crippen LogP contribution is 2.20. The fourth-order valence-corrected chi connectivity index (χ4v) is 2.15. The number of rotatable bonds is 4. The smallest absolute Gasteiger partial charge is 0.326 e. The van der Waals surface area contributed by atoms with Crippen molar-refractivity contribution in [3.8, 4) is 0 Å².